The lowest BCUT2D eigenvalue weighted by molar-refractivity contribution is -0.0895. The molecule has 0 amide bonds. The maximum atomic E-state index is 6.17. The third-order valence-corrected chi connectivity index (χ3v) is 6.98. The highest BCUT2D eigenvalue weighted by Gasteiger charge is 2.49. The Morgan fingerprint density at radius 3 is 1.09 bits per heavy atom. The summed E-state index contributed by atoms with van der Waals surface area (Å²) in [4.78, 5) is 0. The van der Waals surface area contributed by atoms with Crippen molar-refractivity contribution in [2.75, 3.05) is 0 Å². The third-order valence-electron chi connectivity index (χ3n) is 6.98. The fourth-order valence-electron chi connectivity index (χ4n) is 4.15. The molecule has 4 aromatic carbocycles. The summed E-state index contributed by atoms with van der Waals surface area (Å²) in [6.07, 6.45) is -0.328. The van der Waals surface area contributed by atoms with Crippen molar-refractivity contribution in [3.63, 3.8) is 0 Å². The van der Waals surface area contributed by atoms with Crippen LogP contribution in [0.5, 0.6) is 0 Å². The molecule has 33 heavy (non-hydrogen) atoms. The number of benzene rings is 4. The van der Waals surface area contributed by atoms with Crippen molar-refractivity contribution in [1.29, 1.82) is 0 Å². The van der Waals surface area contributed by atoms with Crippen LogP contribution in [0.25, 0.3) is 33.4 Å². The maximum Gasteiger partial charge on any atom is 0.185 e. The van der Waals surface area contributed by atoms with Gasteiger partial charge in [-0.25, -0.2) is 0 Å². The summed E-state index contributed by atoms with van der Waals surface area (Å²) in [6, 6.07) is 36.5. The van der Waals surface area contributed by atoms with Gasteiger partial charge in [0, 0.05) is 5.56 Å². The molecular weight excluding hydrogens is 404 g/mol. The smallest absolute Gasteiger partial charge is 0.185 e. The first-order valence-corrected chi connectivity index (χ1v) is 11.5. The zero-order valence-corrected chi connectivity index (χ0v) is 19.7. The van der Waals surface area contributed by atoms with Gasteiger partial charge in [-0.3, -0.25) is 0 Å². The fourth-order valence-corrected chi connectivity index (χ4v) is 4.15. The molecule has 1 aliphatic rings. The zero-order chi connectivity index (χ0) is 23.1. The van der Waals surface area contributed by atoms with E-state index in [1.807, 2.05) is 6.07 Å². The van der Waals surface area contributed by atoms with Crippen molar-refractivity contribution in [1.82, 2.24) is 0 Å². The van der Waals surface area contributed by atoms with E-state index in [1.165, 1.54) is 33.4 Å². The third kappa shape index (κ3) is 4.25. The molecule has 1 aliphatic heterocycles. The van der Waals surface area contributed by atoms with Crippen molar-refractivity contribution in [2.45, 2.75) is 45.2 Å². The van der Waals surface area contributed by atoms with Gasteiger partial charge in [0.05, 0.1) is 11.2 Å². The Morgan fingerprint density at radius 2 is 0.727 bits per heavy atom. The second kappa shape index (κ2) is 8.30. The second-order valence-corrected chi connectivity index (χ2v) is 9.73. The zero-order valence-electron chi connectivity index (χ0n) is 19.7. The van der Waals surface area contributed by atoms with Gasteiger partial charge in [0.15, 0.2) is 6.29 Å². The Bertz CT molecular complexity index is 1200. The Labute approximate surface area is 196 Å². The van der Waals surface area contributed by atoms with Crippen LogP contribution in [0.4, 0.5) is 0 Å². The minimum Gasteiger partial charge on any atom is -0.339 e. The fraction of sp³-hybridized carbons (Fsp3) is 0.226. The standard InChI is InChI=1S/C31H30O2/c1-30(2)31(3,4)33-29(32-30)28-20-18-27(19-21-28)26-16-14-25(15-17-26)24-12-10-23(11-13-24)22-8-6-5-7-9-22/h5-21,29H,1-4H3. The molecule has 0 atom stereocenters. The van der Waals surface area contributed by atoms with Crippen LogP contribution in [-0.2, 0) is 9.47 Å². The molecule has 0 aliphatic carbocycles. The number of rotatable bonds is 4. The lowest BCUT2D eigenvalue weighted by Crippen LogP contribution is -2.41. The summed E-state index contributed by atoms with van der Waals surface area (Å²) in [6.45, 7) is 8.33. The van der Waals surface area contributed by atoms with E-state index < -0.39 is 0 Å². The van der Waals surface area contributed by atoms with E-state index in [9.17, 15) is 0 Å². The Morgan fingerprint density at radius 1 is 0.424 bits per heavy atom. The van der Waals surface area contributed by atoms with Gasteiger partial charge < -0.3 is 9.47 Å². The summed E-state index contributed by atoms with van der Waals surface area (Å²) < 4.78 is 12.3. The molecule has 0 radical (unpaired) electrons. The van der Waals surface area contributed by atoms with Crippen LogP contribution in [0, 0.1) is 0 Å². The second-order valence-electron chi connectivity index (χ2n) is 9.73. The van der Waals surface area contributed by atoms with Crippen LogP contribution < -0.4 is 0 Å². The Balaban J connectivity index is 1.31. The van der Waals surface area contributed by atoms with Crippen LogP contribution in [0.1, 0.15) is 39.5 Å². The largest absolute Gasteiger partial charge is 0.339 e. The van der Waals surface area contributed by atoms with Gasteiger partial charge in [-0.05, 0) is 61.1 Å². The first kappa shape index (κ1) is 21.6. The van der Waals surface area contributed by atoms with E-state index in [1.54, 1.807) is 0 Å². The summed E-state index contributed by atoms with van der Waals surface area (Å²) in [5, 5.41) is 0. The van der Waals surface area contributed by atoms with E-state index in [0.29, 0.717) is 0 Å². The maximum absolute atomic E-state index is 6.17. The topological polar surface area (TPSA) is 18.5 Å². The lowest BCUT2D eigenvalue weighted by Gasteiger charge is -2.30. The molecule has 0 saturated carbocycles. The van der Waals surface area contributed by atoms with Crippen LogP contribution in [0.3, 0.4) is 0 Å². The summed E-state index contributed by atoms with van der Waals surface area (Å²) >= 11 is 0. The van der Waals surface area contributed by atoms with Crippen LogP contribution >= 0.6 is 0 Å². The Hall–Kier alpha value is -3.20. The molecule has 2 heteroatoms. The predicted molar refractivity (Wildman–Crippen MR) is 136 cm³/mol. The van der Waals surface area contributed by atoms with Gasteiger partial charge in [-0.15, -0.1) is 0 Å². The SMILES string of the molecule is CC1(C)OC(c2ccc(-c3ccc(-c4ccc(-c5ccccc5)cc4)cc3)cc2)OC1(C)C. The number of ether oxygens (including phenoxy) is 2. The molecule has 2 nitrogen and oxygen atoms in total. The van der Waals surface area contributed by atoms with Crippen molar-refractivity contribution < 1.29 is 9.47 Å². The summed E-state index contributed by atoms with van der Waals surface area (Å²) in [7, 11) is 0. The van der Waals surface area contributed by atoms with Gasteiger partial charge in [0.25, 0.3) is 0 Å². The molecule has 0 N–H and O–H groups in total. The van der Waals surface area contributed by atoms with Crippen molar-refractivity contribution in [2.24, 2.45) is 0 Å². The highest BCUT2D eigenvalue weighted by molar-refractivity contribution is 5.73. The first-order valence-electron chi connectivity index (χ1n) is 11.5. The van der Waals surface area contributed by atoms with Crippen molar-refractivity contribution in [3.05, 3.63) is 109 Å². The van der Waals surface area contributed by atoms with Crippen LogP contribution in [-0.4, -0.2) is 11.2 Å². The molecule has 0 unspecified atom stereocenters. The monoisotopic (exact) mass is 434 g/mol. The highest BCUT2D eigenvalue weighted by atomic mass is 16.7. The number of hydrogen-bond donors (Lipinski definition) is 0. The molecule has 0 aromatic heterocycles. The van der Waals surface area contributed by atoms with Crippen LogP contribution in [0.2, 0.25) is 0 Å². The van der Waals surface area contributed by atoms with Gasteiger partial charge in [0.2, 0.25) is 0 Å². The predicted octanol–water partition coefficient (Wildman–Crippen LogP) is 8.29. The first-order chi connectivity index (χ1) is 15.8. The van der Waals surface area contributed by atoms with Gasteiger partial charge in [-0.1, -0.05) is 103 Å². The Kier molecular flexibility index (Phi) is 5.44. The summed E-state index contributed by atoms with van der Waals surface area (Å²) in [5.74, 6) is 0. The van der Waals surface area contributed by atoms with E-state index in [0.717, 1.165) is 5.56 Å². The molecule has 4 aromatic rings. The normalized spacial score (nSPS) is 17.2. The molecule has 0 bridgehead atoms. The molecule has 5 rings (SSSR count). The number of hydrogen-bond acceptors (Lipinski definition) is 2. The highest BCUT2D eigenvalue weighted by Crippen LogP contribution is 2.44. The minimum atomic E-state index is -0.328. The van der Waals surface area contributed by atoms with E-state index in [-0.39, 0.29) is 17.5 Å². The van der Waals surface area contributed by atoms with E-state index in [2.05, 4.69) is 125 Å². The molecule has 0 spiro atoms. The van der Waals surface area contributed by atoms with Gasteiger partial charge in [-0.2, -0.15) is 0 Å². The molecule has 1 fully saturated rings. The van der Waals surface area contributed by atoms with Gasteiger partial charge in [0.1, 0.15) is 0 Å². The van der Waals surface area contributed by atoms with E-state index in [4.69, 9.17) is 9.47 Å². The minimum absolute atomic E-state index is 0.328. The average molecular weight is 435 g/mol. The van der Waals surface area contributed by atoms with E-state index >= 15 is 0 Å². The average Bonchev–Trinajstić information content (AvgIpc) is 3.07. The lowest BCUT2D eigenvalue weighted by atomic mass is 9.90. The molecular formula is C31H30O2. The molecule has 1 heterocycles. The van der Waals surface area contributed by atoms with Crippen molar-refractivity contribution in [3.8, 4) is 33.4 Å². The van der Waals surface area contributed by atoms with Crippen LogP contribution in [0.15, 0.2) is 103 Å². The summed E-state index contributed by atoms with van der Waals surface area (Å²) in [5.41, 5.74) is 7.68. The molecule has 1 saturated heterocycles. The van der Waals surface area contributed by atoms with Gasteiger partial charge >= 0.3 is 0 Å². The molecule has 166 valence electrons. The quantitative estimate of drug-likeness (QED) is 0.322. The van der Waals surface area contributed by atoms with Crippen molar-refractivity contribution >= 4 is 0 Å².